The highest BCUT2D eigenvalue weighted by molar-refractivity contribution is 9.12. The predicted molar refractivity (Wildman–Crippen MR) is 62.5 cm³/mol. The summed E-state index contributed by atoms with van der Waals surface area (Å²) in [5.74, 6) is -2.00. The fourth-order valence-electron chi connectivity index (χ4n) is 0.359. The van der Waals surface area contributed by atoms with Crippen molar-refractivity contribution in [1.82, 2.24) is 5.48 Å². The van der Waals surface area contributed by atoms with E-state index in [4.69, 9.17) is 16.0 Å². The van der Waals surface area contributed by atoms with E-state index in [0.29, 0.717) is 5.33 Å². The van der Waals surface area contributed by atoms with Crippen molar-refractivity contribution in [2.24, 2.45) is 5.73 Å². The Hall–Kier alpha value is -0.670. The van der Waals surface area contributed by atoms with Crippen molar-refractivity contribution in [1.29, 1.82) is 0 Å². The normalized spacial score (nSPS) is 10.7. The number of carboxylic acids is 1. The van der Waals surface area contributed by atoms with Crippen LogP contribution in [-0.2, 0) is 14.4 Å². The average Bonchev–Trinajstić information content (AvgIpc) is 2.25. The molecule has 0 aliphatic carbocycles. The molecular weight excluding hydrogens is 352 g/mol. The quantitative estimate of drug-likeness (QED) is 0.310. The molecule has 0 rings (SSSR count). The van der Waals surface area contributed by atoms with E-state index in [1.807, 2.05) is 0 Å². The van der Waals surface area contributed by atoms with E-state index in [-0.39, 0.29) is 12.8 Å². The lowest BCUT2D eigenvalue weighted by Gasteiger charge is -1.93. The smallest absolute Gasteiger partial charge is 0.318 e. The Labute approximate surface area is 109 Å². The van der Waals surface area contributed by atoms with Gasteiger partial charge in [-0.1, -0.05) is 31.9 Å². The molecule has 0 radical (unpaired) electrons. The first-order valence-electron chi connectivity index (χ1n) is 3.99. The summed E-state index contributed by atoms with van der Waals surface area (Å²) in [5, 5.41) is 16.4. The molecule has 1 unspecified atom stereocenters. The molecule has 0 bridgehead atoms. The van der Waals surface area contributed by atoms with Crippen molar-refractivity contribution >= 4 is 49.6 Å². The maximum absolute atomic E-state index is 10.1. The molecule has 1 atom stereocenters. The van der Waals surface area contributed by atoms with Crippen LogP contribution in [0, 0.1) is 0 Å². The summed E-state index contributed by atoms with van der Waals surface area (Å²) in [4.78, 5) is 29.5. The minimum atomic E-state index is -0.836. The van der Waals surface area contributed by atoms with Gasteiger partial charge in [0.25, 0.3) is 0 Å². The van der Waals surface area contributed by atoms with Gasteiger partial charge in [0.2, 0.25) is 11.8 Å². The van der Waals surface area contributed by atoms with Crippen molar-refractivity contribution in [3.63, 3.8) is 0 Å². The number of carbonyl (C=O) groups excluding carboxylic acids is 2. The number of alkyl halides is 2. The van der Waals surface area contributed by atoms with Gasteiger partial charge >= 0.3 is 5.97 Å². The second-order valence-electron chi connectivity index (χ2n) is 2.46. The van der Waals surface area contributed by atoms with Crippen LogP contribution < -0.4 is 11.2 Å². The van der Waals surface area contributed by atoms with Gasteiger partial charge in [-0.25, -0.2) is 5.48 Å². The van der Waals surface area contributed by atoms with Crippen molar-refractivity contribution in [2.45, 2.75) is 17.7 Å². The van der Waals surface area contributed by atoms with Gasteiger partial charge in [0, 0.05) is 18.2 Å². The third-order valence-electron chi connectivity index (χ3n) is 1.13. The second kappa shape index (κ2) is 10.8. The summed E-state index contributed by atoms with van der Waals surface area (Å²) >= 11 is 5.88. The van der Waals surface area contributed by atoms with Gasteiger partial charge in [0.05, 0.1) is 0 Å². The number of nitrogens with one attached hydrogen (secondary N) is 1. The van der Waals surface area contributed by atoms with Gasteiger partial charge in [-0.2, -0.15) is 0 Å². The number of rotatable bonds is 5. The number of hydrogen-bond donors (Lipinski definition) is 4. The zero-order valence-corrected chi connectivity index (χ0v) is 11.3. The molecule has 0 heterocycles. The Morgan fingerprint density at radius 2 is 1.81 bits per heavy atom. The summed E-state index contributed by atoms with van der Waals surface area (Å²) in [5.41, 5.74) is 6.07. The third-order valence-corrected chi connectivity index (χ3v) is 3.36. The molecule has 0 aromatic rings. The zero-order valence-electron chi connectivity index (χ0n) is 8.15. The average molecular weight is 364 g/mol. The fraction of sp³-hybridized carbons (Fsp3) is 0.571. The van der Waals surface area contributed by atoms with Gasteiger partial charge in [0.15, 0.2) is 0 Å². The van der Waals surface area contributed by atoms with E-state index in [1.165, 1.54) is 5.48 Å². The number of amides is 2. The molecule has 94 valence electrons. The Kier molecular flexibility index (Phi) is 12.0. The first-order valence-corrected chi connectivity index (χ1v) is 6.02. The number of nitrogens with two attached hydrogens (primary N) is 1. The van der Waals surface area contributed by atoms with Crippen LogP contribution in [0.25, 0.3) is 0 Å². The molecule has 0 aliphatic rings. The molecule has 5 N–H and O–H groups in total. The molecule has 0 aromatic heterocycles. The van der Waals surface area contributed by atoms with Crippen LogP contribution in [0.1, 0.15) is 12.8 Å². The molecular formula is C7H12Br2N2O5. The van der Waals surface area contributed by atoms with E-state index in [1.54, 1.807) is 0 Å². The highest BCUT2D eigenvalue weighted by atomic mass is 79.9. The maximum atomic E-state index is 10.1. The predicted octanol–water partition coefficient (Wildman–Crippen LogP) is -0.0133. The van der Waals surface area contributed by atoms with E-state index < -0.39 is 22.6 Å². The Morgan fingerprint density at radius 3 is 2.00 bits per heavy atom. The summed E-state index contributed by atoms with van der Waals surface area (Å²) in [6, 6.07) is 0. The van der Waals surface area contributed by atoms with Crippen LogP contribution in [0.15, 0.2) is 0 Å². The Bertz CT molecular complexity index is 249. The minimum absolute atomic E-state index is 0.0353. The lowest BCUT2D eigenvalue weighted by Crippen LogP contribution is -2.21. The maximum Gasteiger partial charge on any atom is 0.318 e. The van der Waals surface area contributed by atoms with Crippen LogP contribution in [-0.4, -0.2) is 38.3 Å². The largest absolute Gasteiger partial charge is 0.480 e. The lowest BCUT2D eigenvalue weighted by molar-refractivity contribution is -0.135. The number of aliphatic carboxylic acids is 1. The second-order valence-corrected chi connectivity index (χ2v) is 4.21. The molecule has 0 fully saturated rings. The molecule has 16 heavy (non-hydrogen) atoms. The van der Waals surface area contributed by atoms with Crippen molar-refractivity contribution in [2.75, 3.05) is 5.33 Å². The highest BCUT2D eigenvalue weighted by Gasteiger charge is 2.08. The molecule has 7 nitrogen and oxygen atoms in total. The number of hydrogen-bond acceptors (Lipinski definition) is 4. The van der Waals surface area contributed by atoms with Crippen LogP contribution in [0.2, 0.25) is 0 Å². The first kappa shape index (κ1) is 17.7. The lowest BCUT2D eigenvalue weighted by atomic mass is 10.3. The van der Waals surface area contributed by atoms with Crippen molar-refractivity contribution in [3.8, 4) is 0 Å². The molecule has 0 spiro atoms. The highest BCUT2D eigenvalue weighted by Crippen LogP contribution is 2.01. The summed E-state index contributed by atoms with van der Waals surface area (Å²) < 4.78 is 0. The van der Waals surface area contributed by atoms with Gasteiger partial charge in [-0.05, 0) is 0 Å². The minimum Gasteiger partial charge on any atom is -0.480 e. The van der Waals surface area contributed by atoms with Gasteiger partial charge in [-0.3, -0.25) is 19.6 Å². The van der Waals surface area contributed by atoms with Crippen molar-refractivity contribution < 1.29 is 24.7 Å². The summed E-state index contributed by atoms with van der Waals surface area (Å²) in [6.45, 7) is 0. The number of halogens is 2. The zero-order chi connectivity index (χ0) is 13.1. The fourth-order valence-corrected chi connectivity index (χ4v) is 0.636. The number of hydroxylamine groups is 1. The number of primary amides is 1. The SMILES string of the molecule is NC(=O)CCC(=O)NO.O=C(O)C(Br)CBr. The van der Waals surface area contributed by atoms with Crippen LogP contribution in [0.5, 0.6) is 0 Å². The Morgan fingerprint density at radius 1 is 1.31 bits per heavy atom. The van der Waals surface area contributed by atoms with E-state index in [0.717, 1.165) is 0 Å². The first-order chi connectivity index (χ1) is 7.34. The topological polar surface area (TPSA) is 130 Å². The molecule has 0 aromatic carbocycles. The molecule has 2 amide bonds. The van der Waals surface area contributed by atoms with Crippen LogP contribution >= 0.6 is 31.9 Å². The van der Waals surface area contributed by atoms with Gasteiger partial charge in [-0.15, -0.1) is 0 Å². The number of carboxylic acid groups (broad SMARTS) is 1. The summed E-state index contributed by atoms with van der Waals surface area (Å²) in [6.07, 6.45) is -0.0990. The third kappa shape index (κ3) is 13.3. The van der Waals surface area contributed by atoms with E-state index in [9.17, 15) is 14.4 Å². The summed E-state index contributed by atoms with van der Waals surface area (Å²) in [7, 11) is 0. The monoisotopic (exact) mass is 362 g/mol. The molecule has 0 saturated heterocycles. The van der Waals surface area contributed by atoms with Gasteiger partial charge in [0.1, 0.15) is 4.83 Å². The van der Waals surface area contributed by atoms with E-state index in [2.05, 4.69) is 31.9 Å². The van der Waals surface area contributed by atoms with Crippen LogP contribution in [0.4, 0.5) is 0 Å². The number of carbonyl (C=O) groups is 3. The molecule has 0 saturated carbocycles. The van der Waals surface area contributed by atoms with Crippen molar-refractivity contribution in [3.05, 3.63) is 0 Å². The van der Waals surface area contributed by atoms with E-state index >= 15 is 0 Å². The molecule has 0 aliphatic heterocycles. The van der Waals surface area contributed by atoms with Gasteiger partial charge < -0.3 is 10.8 Å². The molecule has 9 heteroatoms. The Balaban J connectivity index is 0. The standard InChI is InChI=1S/C4H8N2O3.C3H4Br2O2/c5-3(7)1-2-4(8)6-9;4-1-2(5)3(6)7/h9H,1-2H2,(H2,5,7)(H,6,8);2H,1H2,(H,6,7). The van der Waals surface area contributed by atoms with Crippen LogP contribution in [0.3, 0.4) is 0 Å².